The minimum absolute atomic E-state index is 0.515. The molecule has 2 aromatic rings. The van der Waals surface area contributed by atoms with Crippen LogP contribution in [0.15, 0.2) is 34.1 Å². The molecule has 0 radical (unpaired) electrons. The molecule has 18 heavy (non-hydrogen) atoms. The van der Waals surface area contributed by atoms with E-state index in [0.29, 0.717) is 6.61 Å². The van der Waals surface area contributed by atoms with Gasteiger partial charge in [-0.15, -0.1) is 11.3 Å². The molecule has 0 amide bonds. The number of hydrogen-bond donors (Lipinski definition) is 1. The SMILES string of the molecule is Cc1ccc([C@@H](C)O)c(OCc2sccc2Br)c1. The van der Waals surface area contributed by atoms with Crippen LogP contribution in [0.4, 0.5) is 0 Å². The van der Waals surface area contributed by atoms with Gasteiger partial charge < -0.3 is 9.84 Å². The van der Waals surface area contributed by atoms with E-state index in [9.17, 15) is 5.11 Å². The summed E-state index contributed by atoms with van der Waals surface area (Å²) in [6.07, 6.45) is -0.521. The van der Waals surface area contributed by atoms with Gasteiger partial charge in [-0.25, -0.2) is 0 Å². The Morgan fingerprint density at radius 2 is 2.17 bits per heavy atom. The van der Waals surface area contributed by atoms with Crippen LogP contribution in [0.5, 0.6) is 5.75 Å². The minimum atomic E-state index is -0.521. The molecule has 0 fully saturated rings. The second kappa shape index (κ2) is 5.87. The van der Waals surface area contributed by atoms with Gasteiger partial charge in [-0.3, -0.25) is 0 Å². The van der Waals surface area contributed by atoms with Crippen molar-refractivity contribution < 1.29 is 9.84 Å². The van der Waals surface area contributed by atoms with Crippen molar-refractivity contribution in [2.75, 3.05) is 0 Å². The lowest BCUT2D eigenvalue weighted by molar-refractivity contribution is 0.190. The summed E-state index contributed by atoms with van der Waals surface area (Å²) in [5, 5.41) is 11.7. The van der Waals surface area contributed by atoms with Gasteiger partial charge in [0, 0.05) is 10.0 Å². The standard InChI is InChI=1S/C14H15BrO2S/c1-9-3-4-11(10(2)16)13(7-9)17-8-14-12(15)5-6-18-14/h3-7,10,16H,8H2,1-2H3/t10-/m1/s1. The maximum atomic E-state index is 9.72. The molecule has 0 aliphatic carbocycles. The zero-order valence-electron chi connectivity index (χ0n) is 10.3. The first kappa shape index (κ1) is 13.6. The van der Waals surface area contributed by atoms with E-state index in [1.54, 1.807) is 18.3 Å². The molecule has 2 nitrogen and oxygen atoms in total. The number of hydrogen-bond acceptors (Lipinski definition) is 3. The lowest BCUT2D eigenvalue weighted by Gasteiger charge is -2.14. The molecule has 0 bridgehead atoms. The van der Waals surface area contributed by atoms with Crippen molar-refractivity contribution in [3.63, 3.8) is 0 Å². The van der Waals surface area contributed by atoms with Crippen LogP contribution in [0, 0.1) is 6.92 Å². The third-order valence-electron chi connectivity index (χ3n) is 2.67. The first-order valence-electron chi connectivity index (χ1n) is 5.71. The molecule has 0 saturated heterocycles. The third kappa shape index (κ3) is 3.13. The van der Waals surface area contributed by atoms with E-state index in [-0.39, 0.29) is 0 Å². The summed E-state index contributed by atoms with van der Waals surface area (Å²) in [6.45, 7) is 4.28. The summed E-state index contributed by atoms with van der Waals surface area (Å²) in [4.78, 5) is 1.15. The Morgan fingerprint density at radius 3 is 2.78 bits per heavy atom. The Hall–Kier alpha value is -0.840. The number of rotatable bonds is 4. The van der Waals surface area contributed by atoms with E-state index in [0.717, 1.165) is 26.2 Å². The summed E-state index contributed by atoms with van der Waals surface area (Å²) in [5.74, 6) is 0.755. The van der Waals surface area contributed by atoms with Crippen molar-refractivity contribution in [3.8, 4) is 5.75 Å². The highest BCUT2D eigenvalue weighted by atomic mass is 79.9. The maximum absolute atomic E-state index is 9.72. The van der Waals surface area contributed by atoms with Crippen LogP contribution in [0.2, 0.25) is 0 Å². The van der Waals surface area contributed by atoms with Crippen LogP contribution in [0.3, 0.4) is 0 Å². The van der Waals surface area contributed by atoms with E-state index >= 15 is 0 Å². The Balaban J connectivity index is 2.18. The quantitative estimate of drug-likeness (QED) is 0.899. The Kier molecular flexibility index (Phi) is 4.43. The van der Waals surface area contributed by atoms with E-state index in [4.69, 9.17) is 4.74 Å². The predicted octanol–water partition coefficient (Wildman–Crippen LogP) is 4.45. The fourth-order valence-corrected chi connectivity index (χ4v) is 3.06. The molecule has 96 valence electrons. The van der Waals surface area contributed by atoms with Crippen LogP contribution in [-0.4, -0.2) is 5.11 Å². The van der Waals surface area contributed by atoms with Crippen molar-refractivity contribution in [1.29, 1.82) is 0 Å². The number of aryl methyl sites for hydroxylation is 1. The van der Waals surface area contributed by atoms with Crippen molar-refractivity contribution in [3.05, 3.63) is 50.1 Å². The number of aliphatic hydroxyl groups excluding tert-OH is 1. The first-order chi connectivity index (χ1) is 8.58. The predicted molar refractivity (Wildman–Crippen MR) is 78.2 cm³/mol. The molecule has 0 spiro atoms. The average molecular weight is 327 g/mol. The Bertz CT molecular complexity index is 534. The van der Waals surface area contributed by atoms with Gasteiger partial charge in [-0.2, -0.15) is 0 Å². The van der Waals surface area contributed by atoms with Crippen LogP contribution in [0.1, 0.15) is 29.0 Å². The molecule has 0 aliphatic heterocycles. The van der Waals surface area contributed by atoms with Crippen molar-refractivity contribution in [2.24, 2.45) is 0 Å². The molecule has 0 aliphatic rings. The van der Waals surface area contributed by atoms with Crippen molar-refractivity contribution >= 4 is 27.3 Å². The molecule has 4 heteroatoms. The number of aliphatic hydroxyl groups is 1. The number of benzene rings is 1. The Labute approximate surface area is 119 Å². The van der Waals surface area contributed by atoms with Gasteiger partial charge in [0.1, 0.15) is 12.4 Å². The minimum Gasteiger partial charge on any atom is -0.488 e. The molecule has 0 unspecified atom stereocenters. The summed E-state index contributed by atoms with van der Waals surface area (Å²) >= 11 is 5.14. The molecular weight excluding hydrogens is 312 g/mol. The van der Waals surface area contributed by atoms with E-state index in [1.807, 2.05) is 36.6 Å². The molecular formula is C14H15BrO2S. The number of ether oxygens (including phenoxy) is 1. The largest absolute Gasteiger partial charge is 0.488 e. The van der Waals surface area contributed by atoms with Gasteiger partial charge >= 0.3 is 0 Å². The van der Waals surface area contributed by atoms with Gasteiger partial charge in [0.05, 0.1) is 11.0 Å². The van der Waals surface area contributed by atoms with Crippen LogP contribution >= 0.6 is 27.3 Å². The molecule has 1 atom stereocenters. The lowest BCUT2D eigenvalue weighted by atomic mass is 10.1. The monoisotopic (exact) mass is 326 g/mol. The molecule has 1 N–H and O–H groups in total. The highest BCUT2D eigenvalue weighted by Gasteiger charge is 2.10. The molecule has 1 aromatic heterocycles. The number of thiophene rings is 1. The maximum Gasteiger partial charge on any atom is 0.125 e. The van der Waals surface area contributed by atoms with Crippen molar-refractivity contribution in [1.82, 2.24) is 0 Å². The smallest absolute Gasteiger partial charge is 0.125 e. The highest BCUT2D eigenvalue weighted by Crippen LogP contribution is 2.29. The fraction of sp³-hybridized carbons (Fsp3) is 0.286. The normalized spacial score (nSPS) is 12.4. The summed E-state index contributed by atoms with van der Waals surface area (Å²) < 4.78 is 6.89. The zero-order chi connectivity index (χ0) is 13.1. The van der Waals surface area contributed by atoms with Gasteiger partial charge in [-0.05, 0) is 52.9 Å². The van der Waals surface area contributed by atoms with Crippen LogP contribution < -0.4 is 4.74 Å². The lowest BCUT2D eigenvalue weighted by Crippen LogP contribution is -2.00. The molecule has 0 saturated carbocycles. The summed E-state index contributed by atoms with van der Waals surface area (Å²) in [5.41, 5.74) is 1.95. The van der Waals surface area contributed by atoms with Gasteiger partial charge in [0.2, 0.25) is 0 Å². The van der Waals surface area contributed by atoms with E-state index in [1.165, 1.54) is 0 Å². The molecule has 1 heterocycles. The second-order valence-corrected chi connectivity index (χ2v) is 6.05. The average Bonchev–Trinajstić information content (AvgIpc) is 2.72. The summed E-state index contributed by atoms with van der Waals surface area (Å²) in [6, 6.07) is 7.87. The topological polar surface area (TPSA) is 29.5 Å². The van der Waals surface area contributed by atoms with Gasteiger partial charge in [-0.1, -0.05) is 12.1 Å². The number of halogens is 1. The van der Waals surface area contributed by atoms with E-state index < -0.39 is 6.10 Å². The van der Waals surface area contributed by atoms with Crippen LogP contribution in [-0.2, 0) is 6.61 Å². The highest BCUT2D eigenvalue weighted by molar-refractivity contribution is 9.10. The molecule has 1 aromatic carbocycles. The summed E-state index contributed by atoms with van der Waals surface area (Å²) in [7, 11) is 0. The van der Waals surface area contributed by atoms with Gasteiger partial charge in [0.15, 0.2) is 0 Å². The van der Waals surface area contributed by atoms with Gasteiger partial charge in [0.25, 0.3) is 0 Å². The molecule has 2 rings (SSSR count). The fourth-order valence-electron chi connectivity index (χ4n) is 1.68. The Morgan fingerprint density at radius 1 is 1.39 bits per heavy atom. The van der Waals surface area contributed by atoms with Crippen molar-refractivity contribution in [2.45, 2.75) is 26.6 Å². The zero-order valence-corrected chi connectivity index (χ0v) is 12.7. The second-order valence-electron chi connectivity index (χ2n) is 4.20. The van der Waals surface area contributed by atoms with Crippen LogP contribution in [0.25, 0.3) is 0 Å². The first-order valence-corrected chi connectivity index (χ1v) is 7.38. The third-order valence-corrected chi connectivity index (χ3v) is 4.57. The van der Waals surface area contributed by atoms with E-state index in [2.05, 4.69) is 15.9 Å².